The molecule has 160 valence electrons. The summed E-state index contributed by atoms with van der Waals surface area (Å²) in [6, 6.07) is 13.3. The summed E-state index contributed by atoms with van der Waals surface area (Å²) < 4.78 is 28.9. The lowest BCUT2D eigenvalue weighted by Gasteiger charge is -2.13. The Balaban J connectivity index is 0.00000420. The molecule has 2 rings (SSSR count). The molecule has 0 bridgehead atoms. The van der Waals surface area contributed by atoms with Gasteiger partial charge in [-0.25, -0.2) is 13.4 Å². The molecular weight excluding hydrogens is 501 g/mol. The molecule has 2 N–H and O–H groups in total. The van der Waals surface area contributed by atoms with Gasteiger partial charge in [-0.3, -0.25) is 0 Å². The number of guanidine groups is 1. The minimum absolute atomic E-state index is 0. The molecule has 0 unspecified atom stereocenters. The van der Waals surface area contributed by atoms with Crippen molar-refractivity contribution in [3.63, 3.8) is 0 Å². The summed E-state index contributed by atoms with van der Waals surface area (Å²) in [6.45, 7) is 5.77. The predicted octanol–water partition coefficient (Wildman–Crippen LogP) is 3.32. The second kappa shape index (κ2) is 12.0. The molecule has 2 aromatic rings. The van der Waals surface area contributed by atoms with Gasteiger partial charge in [-0.15, -0.1) is 24.0 Å². The first-order valence-corrected chi connectivity index (χ1v) is 11.2. The number of hydrogen-bond acceptors (Lipinski definition) is 4. The van der Waals surface area contributed by atoms with Crippen LogP contribution in [0.15, 0.2) is 52.4 Å². The maximum Gasteiger partial charge on any atom is 0.191 e. The fourth-order valence-corrected chi connectivity index (χ4v) is 3.92. The molecular formula is C21H30IN3O3S. The van der Waals surface area contributed by atoms with Gasteiger partial charge in [-0.1, -0.05) is 30.3 Å². The Morgan fingerprint density at radius 3 is 2.48 bits per heavy atom. The van der Waals surface area contributed by atoms with Crippen molar-refractivity contribution in [1.29, 1.82) is 0 Å². The molecule has 0 atom stereocenters. The van der Waals surface area contributed by atoms with Crippen LogP contribution in [-0.2, 0) is 22.8 Å². The van der Waals surface area contributed by atoms with Crippen LogP contribution in [0.1, 0.15) is 23.6 Å². The van der Waals surface area contributed by atoms with Crippen molar-refractivity contribution < 1.29 is 13.2 Å². The van der Waals surface area contributed by atoms with Crippen molar-refractivity contribution in [3.8, 4) is 5.75 Å². The summed E-state index contributed by atoms with van der Waals surface area (Å²) in [6.07, 6.45) is 2.04. The number of hydrogen-bond donors (Lipinski definition) is 2. The van der Waals surface area contributed by atoms with Gasteiger partial charge in [0.2, 0.25) is 0 Å². The molecule has 0 saturated heterocycles. The van der Waals surface area contributed by atoms with Gasteiger partial charge in [-0.2, -0.15) is 0 Å². The molecule has 0 aromatic heterocycles. The van der Waals surface area contributed by atoms with Crippen molar-refractivity contribution >= 4 is 39.8 Å². The number of aliphatic imine (C=N–C) groups is 1. The second-order valence-corrected chi connectivity index (χ2v) is 8.54. The normalized spacial score (nSPS) is 11.5. The van der Waals surface area contributed by atoms with Gasteiger partial charge < -0.3 is 15.4 Å². The van der Waals surface area contributed by atoms with Crippen LogP contribution in [0.25, 0.3) is 0 Å². The van der Waals surface area contributed by atoms with Crippen LogP contribution < -0.4 is 15.4 Å². The summed E-state index contributed by atoms with van der Waals surface area (Å²) in [7, 11) is -1.53. The van der Waals surface area contributed by atoms with E-state index in [1.165, 1.54) is 6.26 Å². The van der Waals surface area contributed by atoms with Crippen molar-refractivity contribution in [2.24, 2.45) is 4.99 Å². The molecule has 0 fully saturated rings. The predicted molar refractivity (Wildman–Crippen MR) is 129 cm³/mol. The zero-order chi connectivity index (χ0) is 20.6. The van der Waals surface area contributed by atoms with Gasteiger partial charge in [0.15, 0.2) is 15.8 Å². The van der Waals surface area contributed by atoms with Crippen LogP contribution in [0.2, 0.25) is 0 Å². The number of halogens is 1. The average Bonchev–Trinajstić information content (AvgIpc) is 2.65. The van der Waals surface area contributed by atoms with E-state index in [1.807, 2.05) is 37.3 Å². The average molecular weight is 531 g/mol. The number of benzene rings is 2. The van der Waals surface area contributed by atoms with E-state index in [4.69, 9.17) is 4.74 Å². The standard InChI is InChI=1S/C21H29N3O3S.HI/c1-5-22-21(23-13-12-18-8-6-7-9-19(18)27-3)24-15-17-10-11-20(16(2)14-17)28(4,25)26;/h6-11,14H,5,12-13,15H2,1-4H3,(H2,22,23,24);1H. The van der Waals surface area contributed by atoms with Gasteiger partial charge in [0.05, 0.1) is 18.6 Å². The smallest absolute Gasteiger partial charge is 0.191 e. The fraction of sp³-hybridized carbons (Fsp3) is 0.381. The molecule has 0 radical (unpaired) electrons. The molecule has 29 heavy (non-hydrogen) atoms. The van der Waals surface area contributed by atoms with Crippen LogP contribution in [-0.4, -0.2) is 40.8 Å². The minimum atomic E-state index is -3.21. The van der Waals surface area contributed by atoms with Gasteiger partial charge in [-0.05, 0) is 49.1 Å². The lowest BCUT2D eigenvalue weighted by molar-refractivity contribution is 0.409. The first-order chi connectivity index (χ1) is 13.3. The van der Waals surface area contributed by atoms with Gasteiger partial charge in [0.1, 0.15) is 5.75 Å². The Labute approximate surface area is 191 Å². The first-order valence-electron chi connectivity index (χ1n) is 9.28. The molecule has 0 saturated carbocycles. The zero-order valence-electron chi connectivity index (χ0n) is 17.4. The van der Waals surface area contributed by atoms with Gasteiger partial charge >= 0.3 is 0 Å². The molecule has 0 aliphatic rings. The summed E-state index contributed by atoms with van der Waals surface area (Å²) in [4.78, 5) is 4.97. The number of nitrogens with zero attached hydrogens (tertiary/aromatic N) is 1. The summed E-state index contributed by atoms with van der Waals surface area (Å²) in [5.74, 6) is 1.61. The van der Waals surface area contributed by atoms with Gasteiger partial charge in [0, 0.05) is 19.3 Å². The largest absolute Gasteiger partial charge is 0.496 e. The lowest BCUT2D eigenvalue weighted by Crippen LogP contribution is -2.38. The highest BCUT2D eigenvalue weighted by Crippen LogP contribution is 2.18. The van der Waals surface area contributed by atoms with E-state index >= 15 is 0 Å². The van der Waals surface area contributed by atoms with Crippen molar-refractivity contribution in [1.82, 2.24) is 10.6 Å². The number of ether oxygens (including phenoxy) is 1. The van der Waals surface area contributed by atoms with Crippen LogP contribution in [0, 0.1) is 6.92 Å². The second-order valence-electron chi connectivity index (χ2n) is 6.56. The van der Waals surface area contributed by atoms with E-state index in [0.29, 0.717) is 11.4 Å². The first kappa shape index (κ1) is 25.2. The Morgan fingerprint density at radius 1 is 1.14 bits per heavy atom. The van der Waals surface area contributed by atoms with Gasteiger partial charge in [0.25, 0.3) is 0 Å². The Kier molecular flexibility index (Phi) is 10.5. The molecule has 0 heterocycles. The topological polar surface area (TPSA) is 79.8 Å². The van der Waals surface area contributed by atoms with Crippen LogP contribution >= 0.6 is 24.0 Å². The number of aryl methyl sites for hydroxylation is 1. The fourth-order valence-electron chi connectivity index (χ4n) is 2.96. The quantitative estimate of drug-likeness (QED) is 0.311. The van der Waals surface area contributed by atoms with E-state index in [-0.39, 0.29) is 24.0 Å². The monoisotopic (exact) mass is 531 g/mol. The summed E-state index contributed by atoms with van der Waals surface area (Å²) in [5.41, 5.74) is 2.84. The highest BCUT2D eigenvalue weighted by molar-refractivity contribution is 14.0. The Bertz CT molecular complexity index is 931. The molecule has 8 heteroatoms. The zero-order valence-corrected chi connectivity index (χ0v) is 20.5. The number of nitrogens with one attached hydrogen (secondary N) is 2. The summed E-state index contributed by atoms with van der Waals surface area (Å²) >= 11 is 0. The van der Waals surface area contributed by atoms with Crippen molar-refractivity contribution in [2.45, 2.75) is 31.7 Å². The van der Waals surface area contributed by atoms with Crippen LogP contribution in [0.3, 0.4) is 0 Å². The van der Waals surface area contributed by atoms with E-state index in [2.05, 4.69) is 21.7 Å². The third kappa shape index (κ3) is 7.85. The third-order valence-corrected chi connectivity index (χ3v) is 5.54. The molecule has 0 spiro atoms. The number of methoxy groups -OCH3 is 1. The number of sulfone groups is 1. The van der Waals surface area contributed by atoms with E-state index in [1.54, 1.807) is 20.1 Å². The highest BCUT2D eigenvalue weighted by atomic mass is 127. The third-order valence-electron chi connectivity index (χ3n) is 4.28. The van der Waals surface area contributed by atoms with E-state index in [9.17, 15) is 8.42 Å². The minimum Gasteiger partial charge on any atom is -0.496 e. The maximum atomic E-state index is 11.7. The summed E-state index contributed by atoms with van der Waals surface area (Å²) in [5, 5.41) is 6.56. The SMILES string of the molecule is CCNC(=NCc1ccc(S(C)(=O)=O)c(C)c1)NCCc1ccccc1OC.I. The highest BCUT2D eigenvalue weighted by Gasteiger charge is 2.10. The van der Waals surface area contributed by atoms with E-state index in [0.717, 1.165) is 47.9 Å². The molecule has 2 aromatic carbocycles. The lowest BCUT2D eigenvalue weighted by atomic mass is 10.1. The number of rotatable bonds is 8. The molecule has 0 aliphatic carbocycles. The maximum absolute atomic E-state index is 11.7. The van der Waals surface area contributed by atoms with Crippen LogP contribution in [0.4, 0.5) is 0 Å². The van der Waals surface area contributed by atoms with E-state index < -0.39 is 9.84 Å². The molecule has 0 aliphatic heterocycles. The Morgan fingerprint density at radius 2 is 1.86 bits per heavy atom. The van der Waals surface area contributed by atoms with Crippen LogP contribution in [0.5, 0.6) is 5.75 Å². The number of para-hydroxylation sites is 1. The molecule has 0 amide bonds. The molecule has 6 nitrogen and oxygen atoms in total. The van der Waals surface area contributed by atoms with Crippen molar-refractivity contribution in [2.75, 3.05) is 26.5 Å². The Hall–Kier alpha value is -1.81. The van der Waals surface area contributed by atoms with Crippen molar-refractivity contribution in [3.05, 3.63) is 59.2 Å².